The number of sulfonamides is 1. The van der Waals surface area contributed by atoms with Gasteiger partial charge < -0.3 is 5.32 Å². The second-order valence-corrected chi connectivity index (χ2v) is 6.62. The molecular formula is C12H12F2N2O2S2. The van der Waals surface area contributed by atoms with Crippen molar-refractivity contribution in [1.82, 2.24) is 5.32 Å². The molecule has 1 heterocycles. The topological polar surface area (TPSA) is 58.2 Å². The Bertz CT molecular complexity index is 714. The largest absolute Gasteiger partial charge is 0.315 e. The molecule has 0 aliphatic carbocycles. The van der Waals surface area contributed by atoms with Gasteiger partial charge in [-0.25, -0.2) is 17.2 Å². The smallest absolute Gasteiger partial charge is 0.263 e. The van der Waals surface area contributed by atoms with Crippen molar-refractivity contribution in [2.24, 2.45) is 0 Å². The van der Waals surface area contributed by atoms with E-state index in [-0.39, 0.29) is 10.6 Å². The molecule has 0 saturated carbocycles. The minimum atomic E-state index is -3.90. The maximum Gasteiger partial charge on any atom is 0.263 e. The van der Waals surface area contributed by atoms with Gasteiger partial charge in [-0.05, 0) is 30.6 Å². The number of hydrogen-bond acceptors (Lipinski definition) is 4. The van der Waals surface area contributed by atoms with E-state index in [9.17, 15) is 17.2 Å². The van der Waals surface area contributed by atoms with E-state index in [2.05, 4.69) is 10.0 Å². The van der Waals surface area contributed by atoms with Crippen molar-refractivity contribution in [2.75, 3.05) is 11.8 Å². The number of anilines is 1. The SMILES string of the molecule is CNCc1sccc1S(=O)(=O)Nc1ccc(F)cc1F. The van der Waals surface area contributed by atoms with E-state index in [4.69, 9.17) is 0 Å². The first-order valence-electron chi connectivity index (χ1n) is 5.63. The van der Waals surface area contributed by atoms with Gasteiger partial charge in [0.1, 0.15) is 16.5 Å². The molecular weight excluding hydrogens is 306 g/mol. The highest BCUT2D eigenvalue weighted by molar-refractivity contribution is 7.93. The van der Waals surface area contributed by atoms with Crippen LogP contribution in [0.2, 0.25) is 0 Å². The molecule has 0 fully saturated rings. The summed E-state index contributed by atoms with van der Waals surface area (Å²) < 4.78 is 52.8. The zero-order valence-electron chi connectivity index (χ0n) is 10.5. The van der Waals surface area contributed by atoms with E-state index in [0.29, 0.717) is 17.5 Å². The Balaban J connectivity index is 2.33. The third-order valence-electron chi connectivity index (χ3n) is 2.51. The molecule has 2 N–H and O–H groups in total. The molecule has 0 radical (unpaired) electrons. The maximum absolute atomic E-state index is 13.5. The van der Waals surface area contributed by atoms with Gasteiger partial charge in [-0.1, -0.05) is 0 Å². The van der Waals surface area contributed by atoms with Crippen LogP contribution in [0.15, 0.2) is 34.5 Å². The first kappa shape index (κ1) is 14.9. The van der Waals surface area contributed by atoms with E-state index in [1.807, 2.05) is 0 Å². The lowest BCUT2D eigenvalue weighted by Gasteiger charge is -2.09. The summed E-state index contributed by atoms with van der Waals surface area (Å²) in [6, 6.07) is 4.11. The molecule has 0 aliphatic rings. The van der Waals surface area contributed by atoms with Crippen LogP contribution in [0.5, 0.6) is 0 Å². The van der Waals surface area contributed by atoms with E-state index in [1.54, 1.807) is 12.4 Å². The fourth-order valence-corrected chi connectivity index (χ4v) is 4.15. The second kappa shape index (κ2) is 5.86. The van der Waals surface area contributed by atoms with Crippen LogP contribution in [0.4, 0.5) is 14.5 Å². The molecule has 0 spiro atoms. The van der Waals surface area contributed by atoms with Gasteiger partial charge in [-0.15, -0.1) is 11.3 Å². The Hall–Kier alpha value is -1.51. The highest BCUT2D eigenvalue weighted by Crippen LogP contribution is 2.25. The average Bonchev–Trinajstić information content (AvgIpc) is 2.82. The van der Waals surface area contributed by atoms with Crippen LogP contribution in [0, 0.1) is 11.6 Å². The Labute approximate surface area is 119 Å². The number of benzene rings is 1. The summed E-state index contributed by atoms with van der Waals surface area (Å²) >= 11 is 1.28. The summed E-state index contributed by atoms with van der Waals surface area (Å²) in [6.07, 6.45) is 0. The monoisotopic (exact) mass is 318 g/mol. The van der Waals surface area contributed by atoms with Crippen molar-refractivity contribution < 1.29 is 17.2 Å². The Morgan fingerprint density at radius 3 is 2.65 bits per heavy atom. The number of halogens is 2. The van der Waals surface area contributed by atoms with Crippen LogP contribution in [0.1, 0.15) is 4.88 Å². The van der Waals surface area contributed by atoms with Crippen LogP contribution in [0.3, 0.4) is 0 Å². The zero-order chi connectivity index (χ0) is 14.8. The molecule has 108 valence electrons. The van der Waals surface area contributed by atoms with Gasteiger partial charge in [0, 0.05) is 17.5 Å². The molecule has 4 nitrogen and oxygen atoms in total. The second-order valence-electron chi connectivity index (χ2n) is 3.97. The van der Waals surface area contributed by atoms with Gasteiger partial charge in [0.25, 0.3) is 10.0 Å². The Kier molecular flexibility index (Phi) is 4.36. The summed E-state index contributed by atoms with van der Waals surface area (Å²) in [7, 11) is -2.20. The van der Waals surface area contributed by atoms with E-state index >= 15 is 0 Å². The van der Waals surface area contributed by atoms with Crippen LogP contribution in [-0.4, -0.2) is 15.5 Å². The van der Waals surface area contributed by atoms with Crippen molar-refractivity contribution >= 4 is 27.0 Å². The van der Waals surface area contributed by atoms with Gasteiger partial charge in [0.15, 0.2) is 0 Å². The quantitative estimate of drug-likeness (QED) is 0.891. The molecule has 2 aromatic rings. The molecule has 1 aromatic heterocycles. The fourth-order valence-electron chi connectivity index (χ4n) is 1.63. The molecule has 0 amide bonds. The predicted octanol–water partition coefficient (Wildman–Crippen LogP) is 2.55. The minimum Gasteiger partial charge on any atom is -0.315 e. The summed E-state index contributed by atoms with van der Waals surface area (Å²) in [5, 5.41) is 4.50. The van der Waals surface area contributed by atoms with Gasteiger partial charge in [0.05, 0.1) is 5.69 Å². The third-order valence-corrected chi connectivity index (χ3v) is 5.01. The van der Waals surface area contributed by atoms with Gasteiger partial charge in [0.2, 0.25) is 0 Å². The highest BCUT2D eigenvalue weighted by Gasteiger charge is 2.21. The van der Waals surface area contributed by atoms with Crippen LogP contribution in [-0.2, 0) is 16.6 Å². The van der Waals surface area contributed by atoms with Crippen molar-refractivity contribution in [3.63, 3.8) is 0 Å². The lowest BCUT2D eigenvalue weighted by molar-refractivity contribution is 0.582. The van der Waals surface area contributed by atoms with Crippen LogP contribution >= 0.6 is 11.3 Å². The van der Waals surface area contributed by atoms with Crippen LogP contribution in [0.25, 0.3) is 0 Å². The standard InChI is InChI=1S/C12H12F2N2O2S2/c1-15-7-11-12(4-5-19-11)20(17,18)16-10-3-2-8(13)6-9(10)14/h2-6,15-16H,7H2,1H3. The van der Waals surface area contributed by atoms with E-state index in [0.717, 1.165) is 12.1 Å². The highest BCUT2D eigenvalue weighted by atomic mass is 32.2. The number of thiophene rings is 1. The van der Waals surface area contributed by atoms with Gasteiger partial charge >= 0.3 is 0 Å². The average molecular weight is 318 g/mol. The summed E-state index contributed by atoms with van der Waals surface area (Å²) in [4.78, 5) is 0.697. The Morgan fingerprint density at radius 2 is 2.00 bits per heavy atom. The van der Waals surface area contributed by atoms with Crippen molar-refractivity contribution in [1.29, 1.82) is 0 Å². The van der Waals surface area contributed by atoms with Crippen molar-refractivity contribution in [2.45, 2.75) is 11.4 Å². The molecule has 1 aromatic carbocycles. The zero-order valence-corrected chi connectivity index (χ0v) is 12.1. The number of nitrogens with one attached hydrogen (secondary N) is 2. The summed E-state index contributed by atoms with van der Waals surface area (Å²) in [6.45, 7) is 0.389. The maximum atomic E-state index is 13.5. The molecule has 2 rings (SSSR count). The molecule has 0 saturated heterocycles. The number of hydrogen-bond donors (Lipinski definition) is 2. The summed E-state index contributed by atoms with van der Waals surface area (Å²) in [5.41, 5.74) is -0.284. The van der Waals surface area contributed by atoms with Crippen LogP contribution < -0.4 is 10.0 Å². The van der Waals surface area contributed by atoms with E-state index in [1.165, 1.54) is 17.4 Å². The van der Waals surface area contributed by atoms with E-state index < -0.39 is 21.7 Å². The van der Waals surface area contributed by atoms with Crippen molar-refractivity contribution in [3.8, 4) is 0 Å². The molecule has 20 heavy (non-hydrogen) atoms. The summed E-state index contributed by atoms with van der Waals surface area (Å²) in [5.74, 6) is -1.73. The number of rotatable bonds is 5. The molecule has 8 heteroatoms. The molecule has 0 aliphatic heterocycles. The lowest BCUT2D eigenvalue weighted by Crippen LogP contribution is -2.16. The van der Waals surface area contributed by atoms with Gasteiger partial charge in [-0.2, -0.15) is 0 Å². The molecule has 0 bridgehead atoms. The predicted molar refractivity (Wildman–Crippen MR) is 74.2 cm³/mol. The minimum absolute atomic E-state index is 0.0839. The first-order chi connectivity index (χ1) is 9.44. The fraction of sp³-hybridized carbons (Fsp3) is 0.167. The molecule has 0 unspecified atom stereocenters. The third kappa shape index (κ3) is 3.14. The lowest BCUT2D eigenvalue weighted by atomic mass is 10.3. The first-order valence-corrected chi connectivity index (χ1v) is 7.99. The van der Waals surface area contributed by atoms with Gasteiger partial charge in [-0.3, -0.25) is 4.72 Å². The normalized spacial score (nSPS) is 11.6. The molecule has 0 atom stereocenters. The van der Waals surface area contributed by atoms with Crippen molar-refractivity contribution in [3.05, 3.63) is 46.2 Å². The Morgan fingerprint density at radius 1 is 1.25 bits per heavy atom.